The van der Waals surface area contributed by atoms with Gasteiger partial charge in [0.05, 0.1) is 12.4 Å². The lowest BCUT2D eigenvalue weighted by molar-refractivity contribution is 0.575. The molecule has 0 amide bonds. The van der Waals surface area contributed by atoms with E-state index in [2.05, 4.69) is 15.1 Å². The molecule has 0 bridgehead atoms. The van der Waals surface area contributed by atoms with Crippen molar-refractivity contribution in [2.45, 2.75) is 0 Å². The fourth-order valence-corrected chi connectivity index (χ4v) is 2.35. The Balaban J connectivity index is 1.80. The molecule has 22 heavy (non-hydrogen) atoms. The molecular formula is C17H12N4O. The second-order valence-electron chi connectivity index (χ2n) is 4.74. The summed E-state index contributed by atoms with van der Waals surface area (Å²) in [5, 5.41) is 4.39. The van der Waals surface area contributed by atoms with Crippen molar-refractivity contribution >= 4 is 0 Å². The number of nitrogens with zero attached hydrogens (tertiary/aromatic N) is 4. The summed E-state index contributed by atoms with van der Waals surface area (Å²) in [6, 6.07) is 13.7. The molecule has 3 aromatic heterocycles. The van der Waals surface area contributed by atoms with Crippen molar-refractivity contribution in [1.82, 2.24) is 19.7 Å². The lowest BCUT2D eigenvalue weighted by Gasteiger charge is -2.03. The van der Waals surface area contributed by atoms with Gasteiger partial charge in [0.15, 0.2) is 5.82 Å². The largest absolute Gasteiger partial charge is 0.445 e. The number of benzene rings is 1. The monoisotopic (exact) mass is 288 g/mol. The Labute approximate surface area is 126 Å². The molecule has 106 valence electrons. The van der Waals surface area contributed by atoms with Crippen LogP contribution < -0.4 is 0 Å². The third-order valence-corrected chi connectivity index (χ3v) is 3.37. The standard InChI is InChI=1S/C17H12N4O/c1-2-6-15(17-19-9-10-22-17)14(5-1)13-11-20-21(12-13)16-7-3-4-8-18-16/h1-12H. The average Bonchev–Trinajstić information content (AvgIpc) is 3.28. The molecule has 0 spiro atoms. The predicted octanol–water partition coefficient (Wildman–Crippen LogP) is 3.59. The first-order chi connectivity index (χ1) is 10.9. The predicted molar refractivity (Wildman–Crippen MR) is 82.3 cm³/mol. The Hall–Kier alpha value is -3.21. The second-order valence-corrected chi connectivity index (χ2v) is 4.74. The van der Waals surface area contributed by atoms with Crippen LogP contribution >= 0.6 is 0 Å². The number of rotatable bonds is 3. The number of hydrogen-bond acceptors (Lipinski definition) is 4. The Morgan fingerprint density at radius 3 is 2.50 bits per heavy atom. The molecule has 1 aromatic carbocycles. The summed E-state index contributed by atoms with van der Waals surface area (Å²) in [6.45, 7) is 0. The van der Waals surface area contributed by atoms with Crippen LogP contribution in [0, 0.1) is 0 Å². The minimum atomic E-state index is 0.598. The van der Waals surface area contributed by atoms with Gasteiger partial charge in [-0.1, -0.05) is 24.3 Å². The second kappa shape index (κ2) is 5.29. The van der Waals surface area contributed by atoms with Gasteiger partial charge in [-0.15, -0.1) is 0 Å². The van der Waals surface area contributed by atoms with Crippen LogP contribution in [0.5, 0.6) is 0 Å². The first-order valence-electron chi connectivity index (χ1n) is 6.87. The zero-order valence-corrected chi connectivity index (χ0v) is 11.6. The molecule has 4 aromatic rings. The fourth-order valence-electron chi connectivity index (χ4n) is 2.35. The maximum absolute atomic E-state index is 5.42. The highest BCUT2D eigenvalue weighted by Crippen LogP contribution is 2.30. The van der Waals surface area contributed by atoms with E-state index in [1.165, 1.54) is 0 Å². The highest BCUT2D eigenvalue weighted by atomic mass is 16.3. The van der Waals surface area contributed by atoms with Crippen molar-refractivity contribution in [3.63, 3.8) is 0 Å². The van der Waals surface area contributed by atoms with Crippen molar-refractivity contribution in [2.24, 2.45) is 0 Å². The number of oxazole rings is 1. The molecule has 3 heterocycles. The topological polar surface area (TPSA) is 56.7 Å². The van der Waals surface area contributed by atoms with Gasteiger partial charge in [0.2, 0.25) is 5.89 Å². The molecule has 5 nitrogen and oxygen atoms in total. The molecule has 0 saturated carbocycles. The van der Waals surface area contributed by atoms with Crippen molar-refractivity contribution < 1.29 is 4.42 Å². The van der Waals surface area contributed by atoms with Gasteiger partial charge in [0, 0.05) is 23.5 Å². The normalized spacial score (nSPS) is 10.7. The van der Waals surface area contributed by atoms with Gasteiger partial charge in [-0.05, 0) is 23.8 Å². The molecule has 0 saturated heterocycles. The molecule has 5 heteroatoms. The van der Waals surface area contributed by atoms with E-state index in [0.29, 0.717) is 5.89 Å². The summed E-state index contributed by atoms with van der Waals surface area (Å²) in [7, 11) is 0. The molecule has 0 atom stereocenters. The lowest BCUT2D eigenvalue weighted by Crippen LogP contribution is -1.96. The fraction of sp³-hybridized carbons (Fsp3) is 0. The number of pyridine rings is 1. The van der Waals surface area contributed by atoms with E-state index in [4.69, 9.17) is 4.42 Å². The number of aromatic nitrogens is 4. The Morgan fingerprint density at radius 2 is 1.73 bits per heavy atom. The summed E-state index contributed by atoms with van der Waals surface area (Å²) < 4.78 is 7.17. The summed E-state index contributed by atoms with van der Waals surface area (Å²) in [5.74, 6) is 1.38. The van der Waals surface area contributed by atoms with Crippen LogP contribution in [0.2, 0.25) is 0 Å². The average molecular weight is 288 g/mol. The highest BCUT2D eigenvalue weighted by Gasteiger charge is 2.12. The molecule has 0 radical (unpaired) electrons. The van der Waals surface area contributed by atoms with Crippen LogP contribution in [-0.2, 0) is 0 Å². The van der Waals surface area contributed by atoms with E-state index in [1.807, 2.05) is 54.9 Å². The van der Waals surface area contributed by atoms with Crippen LogP contribution in [0.15, 0.2) is 77.9 Å². The van der Waals surface area contributed by atoms with Crippen LogP contribution in [0.1, 0.15) is 0 Å². The highest BCUT2D eigenvalue weighted by molar-refractivity contribution is 5.79. The number of hydrogen-bond donors (Lipinski definition) is 0. The summed E-state index contributed by atoms with van der Waals surface area (Å²) in [4.78, 5) is 8.53. The summed E-state index contributed by atoms with van der Waals surface area (Å²) in [5.41, 5.74) is 2.94. The maximum atomic E-state index is 5.42. The van der Waals surface area contributed by atoms with Gasteiger partial charge in [0.25, 0.3) is 0 Å². The van der Waals surface area contributed by atoms with Crippen molar-refractivity contribution in [3.05, 3.63) is 73.5 Å². The van der Waals surface area contributed by atoms with Gasteiger partial charge in [0.1, 0.15) is 6.26 Å². The molecule has 0 aliphatic heterocycles. The first-order valence-corrected chi connectivity index (χ1v) is 6.87. The van der Waals surface area contributed by atoms with Crippen LogP contribution in [0.4, 0.5) is 0 Å². The first kappa shape index (κ1) is 12.5. The Kier molecular flexibility index (Phi) is 3.01. The smallest absolute Gasteiger partial charge is 0.226 e. The van der Waals surface area contributed by atoms with Gasteiger partial charge in [-0.25, -0.2) is 14.6 Å². The van der Waals surface area contributed by atoms with Crippen LogP contribution in [0.25, 0.3) is 28.4 Å². The van der Waals surface area contributed by atoms with Crippen LogP contribution in [-0.4, -0.2) is 19.7 Å². The van der Waals surface area contributed by atoms with Gasteiger partial charge >= 0.3 is 0 Å². The zero-order chi connectivity index (χ0) is 14.8. The minimum absolute atomic E-state index is 0.598. The molecule has 0 aliphatic rings. The zero-order valence-electron chi connectivity index (χ0n) is 11.6. The summed E-state index contributed by atoms with van der Waals surface area (Å²) >= 11 is 0. The third-order valence-electron chi connectivity index (χ3n) is 3.37. The van der Waals surface area contributed by atoms with Crippen molar-refractivity contribution in [2.75, 3.05) is 0 Å². The minimum Gasteiger partial charge on any atom is -0.445 e. The molecule has 0 aliphatic carbocycles. The van der Waals surface area contributed by atoms with Crippen molar-refractivity contribution in [3.8, 4) is 28.4 Å². The molecular weight excluding hydrogens is 276 g/mol. The molecule has 4 rings (SSSR count). The Bertz CT molecular complexity index is 882. The SMILES string of the molecule is c1ccc(-n2cc(-c3ccccc3-c3ncco3)cn2)nc1. The van der Waals surface area contributed by atoms with E-state index < -0.39 is 0 Å². The van der Waals surface area contributed by atoms with Gasteiger partial charge in [-0.3, -0.25) is 0 Å². The van der Waals surface area contributed by atoms with E-state index in [9.17, 15) is 0 Å². The third kappa shape index (κ3) is 2.18. The van der Waals surface area contributed by atoms with E-state index >= 15 is 0 Å². The molecule has 0 unspecified atom stereocenters. The van der Waals surface area contributed by atoms with E-state index in [1.54, 1.807) is 23.3 Å². The summed E-state index contributed by atoms with van der Waals surface area (Å²) in [6.07, 6.45) is 8.73. The van der Waals surface area contributed by atoms with Gasteiger partial charge in [-0.2, -0.15) is 5.10 Å². The van der Waals surface area contributed by atoms with Crippen molar-refractivity contribution in [1.29, 1.82) is 0 Å². The van der Waals surface area contributed by atoms with Gasteiger partial charge < -0.3 is 4.42 Å². The quantitative estimate of drug-likeness (QED) is 0.578. The van der Waals surface area contributed by atoms with E-state index in [-0.39, 0.29) is 0 Å². The van der Waals surface area contributed by atoms with E-state index in [0.717, 1.165) is 22.5 Å². The van der Waals surface area contributed by atoms with Crippen LogP contribution in [0.3, 0.4) is 0 Å². The Morgan fingerprint density at radius 1 is 0.864 bits per heavy atom. The molecule has 0 N–H and O–H groups in total. The molecule has 0 fully saturated rings. The lowest BCUT2D eigenvalue weighted by atomic mass is 10.0. The maximum Gasteiger partial charge on any atom is 0.226 e.